The van der Waals surface area contributed by atoms with Gasteiger partial charge in [-0.2, -0.15) is 0 Å². The molecule has 1 aromatic carbocycles. The van der Waals surface area contributed by atoms with E-state index in [1.165, 1.54) is 7.11 Å². The summed E-state index contributed by atoms with van der Waals surface area (Å²) >= 11 is 1.58. The Morgan fingerprint density at radius 2 is 1.92 bits per heavy atom. The zero-order valence-electron chi connectivity index (χ0n) is 15.4. The Morgan fingerprint density at radius 1 is 1.23 bits per heavy atom. The Bertz CT molecular complexity index is 740. The fourth-order valence-electron chi connectivity index (χ4n) is 2.39. The number of ether oxygens (including phenoxy) is 2. The molecular formula is C19H24N2O4S. The molecule has 2 rings (SSSR count). The van der Waals surface area contributed by atoms with Crippen molar-refractivity contribution in [1.82, 2.24) is 10.3 Å². The standard InChI is InChI=1S/C19H24N2O4S/c1-12(2)9-16(19(23)24-4)21-17(22)10-25-15-7-5-14(6-8-15)18-20-13(3)11-26-18/h5-8,11-12,16H,9-10H2,1-4H3,(H,21,22)/t16-/m0/s1. The fraction of sp³-hybridized carbons (Fsp3) is 0.421. The number of aryl methyl sites for hydroxylation is 1. The topological polar surface area (TPSA) is 77.5 Å². The second kappa shape index (κ2) is 9.33. The summed E-state index contributed by atoms with van der Waals surface area (Å²) in [7, 11) is 1.31. The number of methoxy groups -OCH3 is 1. The van der Waals surface area contributed by atoms with Gasteiger partial charge in [-0.1, -0.05) is 13.8 Å². The first-order valence-corrected chi connectivity index (χ1v) is 9.29. The number of hydrogen-bond donors (Lipinski definition) is 1. The minimum atomic E-state index is -0.661. The molecule has 1 amide bonds. The molecule has 0 spiro atoms. The molecule has 0 saturated heterocycles. The molecule has 1 heterocycles. The molecule has 1 aromatic heterocycles. The summed E-state index contributed by atoms with van der Waals surface area (Å²) in [5.74, 6) is 0.0221. The molecule has 0 unspecified atom stereocenters. The van der Waals surface area contributed by atoms with Gasteiger partial charge in [-0.3, -0.25) is 4.79 Å². The third-order valence-corrected chi connectivity index (χ3v) is 4.63. The van der Waals surface area contributed by atoms with Crippen molar-refractivity contribution in [1.29, 1.82) is 0 Å². The average molecular weight is 376 g/mol. The Kier molecular flexibility index (Phi) is 7.15. The van der Waals surface area contributed by atoms with Gasteiger partial charge in [0.2, 0.25) is 0 Å². The number of esters is 1. The fourth-order valence-corrected chi connectivity index (χ4v) is 3.20. The summed E-state index contributed by atoms with van der Waals surface area (Å²) < 4.78 is 10.2. The molecule has 0 fully saturated rings. The highest BCUT2D eigenvalue weighted by Gasteiger charge is 2.22. The van der Waals surface area contributed by atoms with Gasteiger partial charge in [0.15, 0.2) is 6.61 Å². The zero-order valence-corrected chi connectivity index (χ0v) is 16.3. The van der Waals surface area contributed by atoms with Crippen LogP contribution in [0.2, 0.25) is 0 Å². The van der Waals surface area contributed by atoms with Gasteiger partial charge in [0, 0.05) is 16.6 Å². The predicted octanol–water partition coefficient (Wildman–Crippen LogP) is 3.20. The van der Waals surface area contributed by atoms with Crippen LogP contribution in [0.1, 0.15) is 26.0 Å². The third kappa shape index (κ3) is 5.84. The van der Waals surface area contributed by atoms with Crippen LogP contribution in [0.4, 0.5) is 0 Å². The van der Waals surface area contributed by atoms with Crippen molar-refractivity contribution in [3.63, 3.8) is 0 Å². The van der Waals surface area contributed by atoms with E-state index >= 15 is 0 Å². The summed E-state index contributed by atoms with van der Waals surface area (Å²) in [6.45, 7) is 5.74. The van der Waals surface area contributed by atoms with Crippen molar-refractivity contribution < 1.29 is 19.1 Å². The zero-order chi connectivity index (χ0) is 19.1. The molecule has 140 valence electrons. The van der Waals surface area contributed by atoms with Crippen LogP contribution in [0.25, 0.3) is 10.6 Å². The minimum Gasteiger partial charge on any atom is -0.484 e. The van der Waals surface area contributed by atoms with Crippen LogP contribution in [0.3, 0.4) is 0 Å². The van der Waals surface area contributed by atoms with Crippen LogP contribution in [0, 0.1) is 12.8 Å². The minimum absolute atomic E-state index is 0.165. The molecule has 1 N–H and O–H groups in total. The number of aromatic nitrogens is 1. The highest BCUT2D eigenvalue weighted by molar-refractivity contribution is 7.13. The van der Waals surface area contributed by atoms with Gasteiger partial charge in [0.25, 0.3) is 5.91 Å². The monoisotopic (exact) mass is 376 g/mol. The number of carbonyl (C=O) groups excluding carboxylic acids is 2. The maximum absolute atomic E-state index is 12.1. The van der Waals surface area contributed by atoms with Crippen LogP contribution < -0.4 is 10.1 Å². The predicted molar refractivity (Wildman–Crippen MR) is 101 cm³/mol. The molecule has 2 aromatic rings. The number of benzene rings is 1. The normalized spacial score (nSPS) is 11.9. The molecule has 0 bridgehead atoms. The van der Waals surface area contributed by atoms with E-state index in [9.17, 15) is 9.59 Å². The molecule has 0 radical (unpaired) electrons. The summed E-state index contributed by atoms with van der Waals surface area (Å²) in [6.07, 6.45) is 0.514. The largest absolute Gasteiger partial charge is 0.484 e. The SMILES string of the molecule is COC(=O)[C@H](CC(C)C)NC(=O)COc1ccc(-c2nc(C)cs2)cc1. The van der Waals surface area contributed by atoms with Gasteiger partial charge >= 0.3 is 5.97 Å². The van der Waals surface area contributed by atoms with Crippen molar-refractivity contribution in [2.75, 3.05) is 13.7 Å². The lowest BCUT2D eigenvalue weighted by Gasteiger charge is -2.18. The Hall–Kier alpha value is -2.41. The molecule has 0 aliphatic rings. The molecule has 1 atom stereocenters. The first-order valence-electron chi connectivity index (χ1n) is 8.41. The third-order valence-electron chi connectivity index (χ3n) is 3.62. The molecule has 0 saturated carbocycles. The highest BCUT2D eigenvalue weighted by atomic mass is 32.1. The van der Waals surface area contributed by atoms with Crippen molar-refractivity contribution in [3.8, 4) is 16.3 Å². The van der Waals surface area contributed by atoms with Crippen molar-refractivity contribution in [2.24, 2.45) is 5.92 Å². The second-order valence-corrected chi connectivity index (χ2v) is 7.24. The van der Waals surface area contributed by atoms with Gasteiger partial charge in [-0.05, 0) is 43.5 Å². The molecular weight excluding hydrogens is 352 g/mol. The summed E-state index contributed by atoms with van der Waals surface area (Å²) in [6, 6.07) is 6.74. The van der Waals surface area contributed by atoms with E-state index in [4.69, 9.17) is 9.47 Å². The first-order chi connectivity index (χ1) is 12.4. The lowest BCUT2D eigenvalue weighted by molar-refractivity contribution is -0.145. The maximum atomic E-state index is 12.1. The van der Waals surface area contributed by atoms with Gasteiger partial charge in [0.05, 0.1) is 7.11 Å². The van der Waals surface area contributed by atoms with Crippen molar-refractivity contribution in [3.05, 3.63) is 35.3 Å². The number of hydrogen-bond acceptors (Lipinski definition) is 6. The Morgan fingerprint density at radius 3 is 2.46 bits per heavy atom. The number of rotatable bonds is 8. The van der Waals surface area contributed by atoms with E-state index in [-0.39, 0.29) is 18.4 Å². The molecule has 6 nitrogen and oxygen atoms in total. The molecule has 26 heavy (non-hydrogen) atoms. The van der Waals surface area contributed by atoms with Crippen LogP contribution >= 0.6 is 11.3 Å². The lowest BCUT2D eigenvalue weighted by atomic mass is 10.0. The van der Waals surface area contributed by atoms with E-state index in [0.29, 0.717) is 12.2 Å². The van der Waals surface area contributed by atoms with E-state index in [1.54, 1.807) is 23.5 Å². The quantitative estimate of drug-likeness (QED) is 0.716. The summed E-state index contributed by atoms with van der Waals surface area (Å²) in [5.41, 5.74) is 1.99. The number of thiazole rings is 1. The smallest absolute Gasteiger partial charge is 0.328 e. The van der Waals surface area contributed by atoms with Crippen LogP contribution in [0.15, 0.2) is 29.6 Å². The van der Waals surface area contributed by atoms with Crippen LogP contribution in [0.5, 0.6) is 5.75 Å². The number of nitrogens with one attached hydrogen (secondary N) is 1. The summed E-state index contributed by atoms with van der Waals surface area (Å²) in [4.78, 5) is 28.3. The van der Waals surface area contributed by atoms with E-state index in [2.05, 4.69) is 10.3 Å². The van der Waals surface area contributed by atoms with E-state index in [1.807, 2.05) is 38.3 Å². The van der Waals surface area contributed by atoms with Crippen molar-refractivity contribution in [2.45, 2.75) is 33.2 Å². The molecule has 7 heteroatoms. The summed E-state index contributed by atoms with van der Waals surface area (Å²) in [5, 5.41) is 5.61. The molecule has 0 aliphatic carbocycles. The van der Waals surface area contributed by atoms with Crippen molar-refractivity contribution >= 4 is 23.2 Å². The number of nitrogens with zero attached hydrogens (tertiary/aromatic N) is 1. The van der Waals surface area contributed by atoms with Gasteiger partial charge < -0.3 is 14.8 Å². The van der Waals surface area contributed by atoms with Crippen LogP contribution in [-0.2, 0) is 14.3 Å². The van der Waals surface area contributed by atoms with E-state index in [0.717, 1.165) is 16.3 Å². The Labute approximate surface area is 157 Å². The van der Waals surface area contributed by atoms with Gasteiger partial charge in [-0.25, -0.2) is 9.78 Å². The second-order valence-electron chi connectivity index (χ2n) is 6.38. The van der Waals surface area contributed by atoms with Crippen LogP contribution in [-0.4, -0.2) is 36.6 Å². The average Bonchev–Trinajstić information content (AvgIpc) is 3.05. The maximum Gasteiger partial charge on any atom is 0.328 e. The lowest BCUT2D eigenvalue weighted by Crippen LogP contribution is -2.44. The number of amides is 1. The first kappa shape index (κ1) is 19.9. The Balaban J connectivity index is 1.89. The van der Waals surface area contributed by atoms with Gasteiger partial charge in [-0.15, -0.1) is 11.3 Å². The van der Waals surface area contributed by atoms with E-state index < -0.39 is 12.0 Å². The number of carbonyl (C=O) groups is 2. The van der Waals surface area contributed by atoms with Gasteiger partial charge in [0.1, 0.15) is 16.8 Å². The highest BCUT2D eigenvalue weighted by Crippen LogP contribution is 2.25. The molecule has 0 aliphatic heterocycles.